The summed E-state index contributed by atoms with van der Waals surface area (Å²) in [5.74, 6) is 0. The van der Waals surface area contributed by atoms with Gasteiger partial charge in [0.1, 0.15) is 0 Å². The van der Waals surface area contributed by atoms with E-state index in [4.69, 9.17) is 11.6 Å². The lowest BCUT2D eigenvalue weighted by molar-refractivity contribution is -0.341. The predicted octanol–water partition coefficient (Wildman–Crippen LogP) is 1.12. The molecule has 0 aliphatic carbocycles. The van der Waals surface area contributed by atoms with E-state index in [9.17, 15) is 14.4 Å². The zero-order valence-corrected chi connectivity index (χ0v) is 9.54. The van der Waals surface area contributed by atoms with E-state index in [2.05, 4.69) is 4.52 Å². The number of benzene rings is 1. The number of rotatable bonds is 5. The van der Waals surface area contributed by atoms with Crippen LogP contribution in [-0.4, -0.2) is 6.61 Å². The molecule has 0 saturated heterocycles. The number of halogens is 1. The van der Waals surface area contributed by atoms with Crippen molar-refractivity contribution in [1.29, 1.82) is 0 Å². The first kappa shape index (κ1) is 12.7. The summed E-state index contributed by atoms with van der Waals surface area (Å²) >= 11 is 5.69. The van der Waals surface area contributed by atoms with Crippen molar-refractivity contribution in [3.05, 3.63) is 34.9 Å². The number of phosphoric ester groups is 1. The Balaban J connectivity index is 2.26. The summed E-state index contributed by atoms with van der Waals surface area (Å²) < 4.78 is 14.2. The smallest absolute Gasteiger partial charge is 0.0596 e. The van der Waals surface area contributed by atoms with Crippen molar-refractivity contribution in [1.82, 2.24) is 0 Å². The molecule has 0 saturated carbocycles. The van der Waals surface area contributed by atoms with Crippen molar-refractivity contribution < 1.29 is 18.9 Å². The lowest BCUT2D eigenvalue weighted by atomic mass is 10.1. The van der Waals surface area contributed by atoms with E-state index in [-0.39, 0.29) is 6.61 Å². The normalized spacial score (nSPS) is 11.7. The maximum Gasteiger partial charge on any atom is 0.0596 e. The third-order valence-electron chi connectivity index (χ3n) is 1.77. The summed E-state index contributed by atoms with van der Waals surface area (Å²) in [6.45, 7) is -0.0765. The second kappa shape index (κ2) is 5.64. The summed E-state index contributed by atoms with van der Waals surface area (Å²) in [5.41, 5.74) is 1.02. The van der Waals surface area contributed by atoms with Gasteiger partial charge in [-0.3, -0.25) is 0 Å². The molecule has 1 aromatic carbocycles. The molecule has 6 heteroatoms. The molecule has 0 bridgehead atoms. The Kier molecular flexibility index (Phi) is 4.77. The van der Waals surface area contributed by atoms with E-state index in [1.54, 1.807) is 12.1 Å². The van der Waals surface area contributed by atoms with Gasteiger partial charge in [0.25, 0.3) is 0 Å². The van der Waals surface area contributed by atoms with Gasteiger partial charge in [-0.2, -0.15) is 0 Å². The molecule has 0 atom stereocenters. The Bertz CT molecular complexity index is 346. The molecule has 0 N–H and O–H groups in total. The highest BCUT2D eigenvalue weighted by Crippen LogP contribution is 2.24. The van der Waals surface area contributed by atoms with Crippen molar-refractivity contribution in [2.45, 2.75) is 12.8 Å². The summed E-state index contributed by atoms with van der Waals surface area (Å²) in [4.78, 5) is 20.2. The van der Waals surface area contributed by atoms with E-state index >= 15 is 0 Å². The van der Waals surface area contributed by atoms with E-state index in [1.807, 2.05) is 12.1 Å². The second-order valence-corrected chi connectivity index (χ2v) is 4.60. The molecule has 4 nitrogen and oxygen atoms in total. The highest BCUT2D eigenvalue weighted by Gasteiger charge is 1.95. The Morgan fingerprint density at radius 2 is 1.87 bits per heavy atom. The van der Waals surface area contributed by atoms with E-state index in [0.717, 1.165) is 5.56 Å². The van der Waals surface area contributed by atoms with Gasteiger partial charge in [-0.15, -0.1) is 0 Å². The van der Waals surface area contributed by atoms with Crippen molar-refractivity contribution in [3.8, 4) is 0 Å². The molecular formula is C9H10ClO4P-2. The van der Waals surface area contributed by atoms with Gasteiger partial charge >= 0.3 is 0 Å². The Morgan fingerprint density at radius 3 is 2.40 bits per heavy atom. The van der Waals surface area contributed by atoms with Gasteiger partial charge in [0.2, 0.25) is 0 Å². The third-order valence-corrected chi connectivity index (χ3v) is 2.52. The molecule has 1 aromatic rings. The molecule has 0 heterocycles. The number of hydrogen-bond donors (Lipinski definition) is 0. The first-order valence-corrected chi connectivity index (χ1v) is 6.22. The summed E-state index contributed by atoms with van der Waals surface area (Å²) in [6.07, 6.45) is 1.13. The van der Waals surface area contributed by atoms with Crippen molar-refractivity contribution in [2.75, 3.05) is 6.61 Å². The lowest BCUT2D eigenvalue weighted by Crippen LogP contribution is -2.16. The largest absolute Gasteiger partial charge is 0.790 e. The van der Waals surface area contributed by atoms with Crippen LogP contribution in [0.2, 0.25) is 5.02 Å². The molecule has 0 unspecified atom stereocenters. The molecule has 15 heavy (non-hydrogen) atoms. The molecule has 0 aromatic heterocycles. The van der Waals surface area contributed by atoms with Crippen LogP contribution in [0.4, 0.5) is 0 Å². The Labute approximate surface area is 93.1 Å². The SMILES string of the molecule is O=P([O-])([O-])OCCCc1ccc(Cl)cc1. The van der Waals surface area contributed by atoms with Gasteiger partial charge < -0.3 is 18.9 Å². The van der Waals surface area contributed by atoms with Crippen LogP contribution < -0.4 is 9.79 Å². The van der Waals surface area contributed by atoms with E-state index in [0.29, 0.717) is 17.9 Å². The van der Waals surface area contributed by atoms with Crippen LogP contribution in [0, 0.1) is 0 Å². The second-order valence-electron chi connectivity index (χ2n) is 3.01. The van der Waals surface area contributed by atoms with E-state index in [1.165, 1.54) is 0 Å². The standard InChI is InChI=1S/C9H12ClO4P/c10-9-5-3-8(4-6-9)2-1-7-14-15(11,12)13/h3-6H,1-2,7H2,(H2,11,12,13)/p-2. The number of phosphoric acid groups is 1. The molecule has 0 aliphatic heterocycles. The minimum Gasteiger partial charge on any atom is -0.790 e. The molecular weight excluding hydrogens is 239 g/mol. The van der Waals surface area contributed by atoms with E-state index < -0.39 is 7.82 Å². The average Bonchev–Trinajstić information content (AvgIpc) is 2.14. The minimum absolute atomic E-state index is 0.0765. The van der Waals surface area contributed by atoms with Gasteiger partial charge in [0, 0.05) is 5.02 Å². The summed E-state index contributed by atoms with van der Waals surface area (Å²) in [6, 6.07) is 7.19. The van der Waals surface area contributed by atoms with Crippen LogP contribution in [0.25, 0.3) is 0 Å². The Hall–Kier alpha value is -0.380. The molecule has 0 fully saturated rings. The van der Waals surface area contributed by atoms with Gasteiger partial charge in [-0.25, -0.2) is 0 Å². The molecule has 0 radical (unpaired) electrons. The number of aryl methyl sites for hydroxylation is 1. The zero-order valence-electron chi connectivity index (χ0n) is 7.89. The van der Waals surface area contributed by atoms with Crippen LogP contribution in [-0.2, 0) is 15.5 Å². The first-order valence-electron chi connectivity index (χ1n) is 4.38. The van der Waals surface area contributed by atoms with Crippen LogP contribution in [0.5, 0.6) is 0 Å². The Morgan fingerprint density at radius 1 is 1.27 bits per heavy atom. The van der Waals surface area contributed by atoms with Gasteiger partial charge in [-0.1, -0.05) is 23.7 Å². The lowest BCUT2D eigenvalue weighted by Gasteiger charge is -2.28. The monoisotopic (exact) mass is 248 g/mol. The average molecular weight is 249 g/mol. The van der Waals surface area contributed by atoms with Crippen LogP contribution >= 0.6 is 19.4 Å². The van der Waals surface area contributed by atoms with Crippen LogP contribution in [0.1, 0.15) is 12.0 Å². The molecule has 0 aliphatic rings. The fraction of sp³-hybridized carbons (Fsp3) is 0.333. The van der Waals surface area contributed by atoms with Crippen LogP contribution in [0.15, 0.2) is 24.3 Å². The third kappa shape index (κ3) is 5.92. The first-order chi connectivity index (χ1) is 6.97. The fourth-order valence-electron chi connectivity index (χ4n) is 1.10. The molecule has 0 spiro atoms. The number of hydrogen-bond acceptors (Lipinski definition) is 4. The van der Waals surface area contributed by atoms with Gasteiger partial charge in [0.05, 0.1) is 14.4 Å². The maximum atomic E-state index is 10.1. The van der Waals surface area contributed by atoms with Crippen molar-refractivity contribution in [2.24, 2.45) is 0 Å². The minimum atomic E-state index is -4.82. The highest BCUT2D eigenvalue weighted by atomic mass is 35.5. The van der Waals surface area contributed by atoms with Gasteiger partial charge in [0.15, 0.2) is 0 Å². The predicted molar refractivity (Wildman–Crippen MR) is 53.3 cm³/mol. The molecule has 1 rings (SSSR count). The quantitative estimate of drug-likeness (QED) is 0.578. The van der Waals surface area contributed by atoms with Crippen LogP contribution in [0.3, 0.4) is 0 Å². The molecule has 84 valence electrons. The van der Waals surface area contributed by atoms with Gasteiger partial charge in [-0.05, 0) is 30.5 Å². The topological polar surface area (TPSA) is 72.4 Å². The van der Waals surface area contributed by atoms with Crippen molar-refractivity contribution in [3.63, 3.8) is 0 Å². The summed E-state index contributed by atoms with van der Waals surface area (Å²) in [5, 5.41) is 0.651. The highest BCUT2D eigenvalue weighted by molar-refractivity contribution is 7.43. The van der Waals surface area contributed by atoms with Crippen molar-refractivity contribution >= 4 is 19.4 Å². The fourth-order valence-corrected chi connectivity index (χ4v) is 1.58. The zero-order chi connectivity index (χ0) is 11.3. The maximum absolute atomic E-state index is 10.1. The molecule has 0 amide bonds. The summed E-state index contributed by atoms with van der Waals surface area (Å²) in [7, 11) is -4.82.